The van der Waals surface area contributed by atoms with E-state index in [0.29, 0.717) is 17.7 Å². The SMILES string of the molecule is CN=C(NCc1cc(C#N)ccc1F)N1CCN(c2cccs2)CC1. The number of rotatable bonds is 3. The van der Waals surface area contributed by atoms with Gasteiger partial charge in [0.1, 0.15) is 5.82 Å². The molecule has 25 heavy (non-hydrogen) atoms. The van der Waals surface area contributed by atoms with Crippen LogP contribution in [0.1, 0.15) is 11.1 Å². The number of thiophene rings is 1. The molecule has 0 atom stereocenters. The maximum Gasteiger partial charge on any atom is 0.194 e. The normalized spacial score (nSPS) is 15.2. The summed E-state index contributed by atoms with van der Waals surface area (Å²) in [5.41, 5.74) is 0.926. The fourth-order valence-electron chi connectivity index (χ4n) is 2.87. The third-order valence-corrected chi connectivity index (χ3v) is 5.15. The van der Waals surface area contributed by atoms with Crippen LogP contribution in [0.2, 0.25) is 0 Å². The average Bonchev–Trinajstić information content (AvgIpc) is 3.19. The Hall–Kier alpha value is -2.59. The van der Waals surface area contributed by atoms with E-state index < -0.39 is 0 Å². The van der Waals surface area contributed by atoms with Crippen LogP contribution in [0.4, 0.5) is 9.39 Å². The van der Waals surface area contributed by atoms with E-state index in [1.165, 1.54) is 17.1 Å². The quantitative estimate of drug-likeness (QED) is 0.678. The number of benzene rings is 1. The molecule has 1 aliphatic rings. The Labute approximate surface area is 151 Å². The zero-order valence-corrected chi connectivity index (χ0v) is 14.9. The number of hydrogen-bond donors (Lipinski definition) is 1. The molecule has 0 amide bonds. The highest BCUT2D eigenvalue weighted by atomic mass is 32.1. The topological polar surface area (TPSA) is 54.7 Å². The third kappa shape index (κ3) is 4.09. The Balaban J connectivity index is 1.58. The number of hydrogen-bond acceptors (Lipinski definition) is 4. The monoisotopic (exact) mass is 357 g/mol. The molecule has 0 bridgehead atoms. The molecule has 0 saturated carbocycles. The summed E-state index contributed by atoms with van der Waals surface area (Å²) in [6, 6.07) is 10.6. The minimum absolute atomic E-state index is 0.305. The smallest absolute Gasteiger partial charge is 0.194 e. The number of guanidine groups is 1. The molecule has 1 saturated heterocycles. The van der Waals surface area contributed by atoms with Crippen molar-refractivity contribution in [3.8, 4) is 6.07 Å². The Morgan fingerprint density at radius 3 is 2.76 bits per heavy atom. The predicted octanol–water partition coefficient (Wildman–Crippen LogP) is 2.66. The Kier molecular flexibility index (Phi) is 5.51. The lowest BCUT2D eigenvalue weighted by Crippen LogP contribution is -2.52. The van der Waals surface area contributed by atoms with Crippen LogP contribution in [0.15, 0.2) is 40.7 Å². The van der Waals surface area contributed by atoms with Gasteiger partial charge in [-0.3, -0.25) is 4.99 Å². The van der Waals surface area contributed by atoms with Gasteiger partial charge >= 0.3 is 0 Å². The maximum atomic E-state index is 13.9. The van der Waals surface area contributed by atoms with Gasteiger partial charge in [0, 0.05) is 45.3 Å². The first-order chi connectivity index (χ1) is 12.2. The van der Waals surface area contributed by atoms with Gasteiger partial charge in [0.2, 0.25) is 0 Å². The molecular weight excluding hydrogens is 337 g/mol. The van der Waals surface area contributed by atoms with Crippen molar-refractivity contribution in [2.24, 2.45) is 4.99 Å². The van der Waals surface area contributed by atoms with Crippen molar-refractivity contribution in [3.05, 3.63) is 52.7 Å². The number of nitrogens with zero attached hydrogens (tertiary/aromatic N) is 4. The summed E-state index contributed by atoms with van der Waals surface area (Å²) in [7, 11) is 1.73. The van der Waals surface area contributed by atoms with Crippen molar-refractivity contribution < 1.29 is 4.39 Å². The van der Waals surface area contributed by atoms with Crippen LogP contribution in [0, 0.1) is 17.1 Å². The van der Waals surface area contributed by atoms with E-state index in [-0.39, 0.29) is 5.82 Å². The van der Waals surface area contributed by atoms with E-state index >= 15 is 0 Å². The molecule has 0 radical (unpaired) electrons. The first-order valence-corrected chi connectivity index (χ1v) is 9.02. The second-order valence-corrected chi connectivity index (χ2v) is 6.67. The molecule has 5 nitrogen and oxygen atoms in total. The van der Waals surface area contributed by atoms with Gasteiger partial charge in [-0.1, -0.05) is 0 Å². The second kappa shape index (κ2) is 7.99. The largest absolute Gasteiger partial charge is 0.360 e. The molecule has 1 aromatic heterocycles. The Bertz CT molecular complexity index is 773. The van der Waals surface area contributed by atoms with Crippen molar-refractivity contribution in [1.29, 1.82) is 5.26 Å². The van der Waals surface area contributed by atoms with Gasteiger partial charge in [0.05, 0.1) is 16.6 Å². The van der Waals surface area contributed by atoms with Gasteiger partial charge in [-0.25, -0.2) is 4.39 Å². The summed E-state index contributed by atoms with van der Waals surface area (Å²) in [4.78, 5) is 8.86. The van der Waals surface area contributed by atoms with Crippen molar-refractivity contribution in [2.75, 3.05) is 38.1 Å². The van der Waals surface area contributed by atoms with Gasteiger partial charge in [0.25, 0.3) is 0 Å². The molecule has 1 fully saturated rings. The van der Waals surface area contributed by atoms with E-state index in [9.17, 15) is 4.39 Å². The van der Waals surface area contributed by atoms with Crippen LogP contribution in [0.25, 0.3) is 0 Å². The molecule has 0 unspecified atom stereocenters. The van der Waals surface area contributed by atoms with Crippen LogP contribution < -0.4 is 10.2 Å². The lowest BCUT2D eigenvalue weighted by Gasteiger charge is -2.37. The minimum Gasteiger partial charge on any atom is -0.360 e. The van der Waals surface area contributed by atoms with Gasteiger partial charge in [-0.2, -0.15) is 5.26 Å². The molecule has 130 valence electrons. The van der Waals surface area contributed by atoms with E-state index in [4.69, 9.17) is 5.26 Å². The molecule has 1 N–H and O–H groups in total. The lowest BCUT2D eigenvalue weighted by atomic mass is 10.1. The van der Waals surface area contributed by atoms with Gasteiger partial charge in [-0.15, -0.1) is 11.3 Å². The number of aliphatic imine (C=N–C) groups is 1. The second-order valence-electron chi connectivity index (χ2n) is 5.74. The molecule has 0 aliphatic carbocycles. The minimum atomic E-state index is -0.315. The number of nitriles is 1. The first kappa shape index (κ1) is 17.2. The maximum absolute atomic E-state index is 13.9. The Morgan fingerprint density at radius 2 is 2.12 bits per heavy atom. The predicted molar refractivity (Wildman–Crippen MR) is 99.4 cm³/mol. The lowest BCUT2D eigenvalue weighted by molar-refractivity contribution is 0.373. The molecule has 3 rings (SSSR count). The van der Waals surface area contributed by atoms with Gasteiger partial charge in [0.15, 0.2) is 5.96 Å². The third-order valence-electron chi connectivity index (χ3n) is 4.22. The highest BCUT2D eigenvalue weighted by Crippen LogP contribution is 2.22. The molecule has 2 heterocycles. The molecule has 2 aromatic rings. The molecule has 1 aromatic carbocycles. The average molecular weight is 357 g/mol. The number of nitrogens with one attached hydrogen (secondary N) is 1. The first-order valence-electron chi connectivity index (χ1n) is 8.14. The summed E-state index contributed by atoms with van der Waals surface area (Å²) < 4.78 is 13.9. The molecule has 1 aliphatic heterocycles. The zero-order chi connectivity index (χ0) is 17.6. The van der Waals surface area contributed by atoms with E-state index in [1.807, 2.05) is 6.07 Å². The van der Waals surface area contributed by atoms with Crippen molar-refractivity contribution in [1.82, 2.24) is 10.2 Å². The van der Waals surface area contributed by atoms with Crippen LogP contribution in [0.3, 0.4) is 0 Å². The van der Waals surface area contributed by atoms with Crippen molar-refractivity contribution in [3.63, 3.8) is 0 Å². The Morgan fingerprint density at radius 1 is 1.32 bits per heavy atom. The van der Waals surface area contributed by atoms with E-state index in [0.717, 1.165) is 32.1 Å². The number of halogens is 1. The summed E-state index contributed by atoms with van der Waals surface area (Å²) in [6.07, 6.45) is 0. The van der Waals surface area contributed by atoms with Crippen LogP contribution >= 0.6 is 11.3 Å². The molecule has 0 spiro atoms. The van der Waals surface area contributed by atoms with E-state index in [2.05, 4.69) is 37.6 Å². The number of piperazine rings is 1. The molecule has 7 heteroatoms. The van der Waals surface area contributed by atoms with Crippen molar-refractivity contribution >= 4 is 22.3 Å². The summed E-state index contributed by atoms with van der Waals surface area (Å²) in [5, 5.41) is 15.5. The zero-order valence-electron chi connectivity index (χ0n) is 14.1. The van der Waals surface area contributed by atoms with Crippen molar-refractivity contribution in [2.45, 2.75) is 6.54 Å². The van der Waals surface area contributed by atoms with Gasteiger partial charge < -0.3 is 15.1 Å². The van der Waals surface area contributed by atoms with Crippen LogP contribution in [0.5, 0.6) is 0 Å². The molecular formula is C18H20FN5S. The summed E-state index contributed by atoms with van der Waals surface area (Å²) >= 11 is 1.75. The summed E-state index contributed by atoms with van der Waals surface area (Å²) in [6.45, 7) is 3.88. The highest BCUT2D eigenvalue weighted by Gasteiger charge is 2.20. The van der Waals surface area contributed by atoms with Gasteiger partial charge in [-0.05, 0) is 35.7 Å². The highest BCUT2D eigenvalue weighted by molar-refractivity contribution is 7.14. The van der Waals surface area contributed by atoms with Crippen LogP contribution in [-0.4, -0.2) is 44.1 Å². The standard InChI is InChI=1S/C18H20FN5S/c1-21-18(22-13-15-11-14(12-20)4-5-16(15)19)24-8-6-23(7-9-24)17-3-2-10-25-17/h2-5,10-11H,6-9,13H2,1H3,(H,21,22). The fourth-order valence-corrected chi connectivity index (χ4v) is 3.66. The fraction of sp³-hybridized carbons (Fsp3) is 0.333. The number of anilines is 1. The summed E-state index contributed by atoms with van der Waals surface area (Å²) in [5.74, 6) is 0.442. The van der Waals surface area contributed by atoms with E-state index in [1.54, 1.807) is 24.5 Å². The van der Waals surface area contributed by atoms with Crippen LogP contribution in [-0.2, 0) is 6.54 Å².